The summed E-state index contributed by atoms with van der Waals surface area (Å²) >= 11 is 0. The summed E-state index contributed by atoms with van der Waals surface area (Å²) in [5.41, 5.74) is 7.95. The highest BCUT2D eigenvalue weighted by Crippen LogP contribution is 2.43. The maximum absolute atomic E-state index is 13.5. The van der Waals surface area contributed by atoms with Gasteiger partial charge in [0.05, 0.1) is 11.5 Å². The summed E-state index contributed by atoms with van der Waals surface area (Å²) in [6.45, 7) is 3.23. The van der Waals surface area contributed by atoms with Gasteiger partial charge < -0.3 is 29.4 Å². The number of nitrogens with zero attached hydrogens (tertiary/aromatic N) is 3. The highest BCUT2D eigenvalue weighted by Gasteiger charge is 2.35. The van der Waals surface area contributed by atoms with Crippen LogP contribution in [0.1, 0.15) is 22.7 Å². The first-order valence-electron chi connectivity index (χ1n) is 9.27. The standard InChI is InChI=1S/C21H22N4O4/c1-12-8-17-19(21(26)25(12)7-6-24(2)3)18(14(10-22)20(23)29-17)13-4-5-15-16(9-13)28-11-27-15/h4-5,8-9,18H,6-7,11,23H2,1-3H3. The van der Waals surface area contributed by atoms with Gasteiger partial charge in [0.2, 0.25) is 12.7 Å². The number of pyridine rings is 1. The van der Waals surface area contributed by atoms with Crippen LogP contribution in [-0.4, -0.2) is 36.9 Å². The van der Waals surface area contributed by atoms with E-state index in [0.717, 1.165) is 11.3 Å². The molecule has 0 amide bonds. The predicted molar refractivity (Wildman–Crippen MR) is 106 cm³/mol. The van der Waals surface area contributed by atoms with Crippen LogP contribution in [0.15, 0.2) is 40.5 Å². The average Bonchev–Trinajstić information content (AvgIpc) is 3.14. The molecule has 1 unspecified atom stereocenters. The predicted octanol–water partition coefficient (Wildman–Crippen LogP) is 1.67. The Bertz CT molecular complexity index is 1110. The Morgan fingerprint density at radius 3 is 2.72 bits per heavy atom. The highest BCUT2D eigenvalue weighted by atomic mass is 16.7. The van der Waals surface area contributed by atoms with Crippen LogP contribution in [0.5, 0.6) is 17.2 Å². The summed E-state index contributed by atoms with van der Waals surface area (Å²) in [6.07, 6.45) is 0. The maximum Gasteiger partial charge on any atom is 0.258 e. The van der Waals surface area contributed by atoms with E-state index in [0.29, 0.717) is 35.9 Å². The van der Waals surface area contributed by atoms with Crippen LogP contribution in [0.3, 0.4) is 0 Å². The van der Waals surface area contributed by atoms with E-state index in [1.165, 1.54) is 0 Å². The summed E-state index contributed by atoms with van der Waals surface area (Å²) in [6, 6.07) is 9.31. The third-order valence-electron chi connectivity index (χ3n) is 5.19. The maximum atomic E-state index is 13.5. The molecular weight excluding hydrogens is 372 g/mol. The number of nitriles is 1. The van der Waals surface area contributed by atoms with Gasteiger partial charge in [-0.25, -0.2) is 0 Å². The van der Waals surface area contributed by atoms with Gasteiger partial charge in [-0.3, -0.25) is 4.79 Å². The van der Waals surface area contributed by atoms with Crippen LogP contribution < -0.4 is 25.5 Å². The van der Waals surface area contributed by atoms with Gasteiger partial charge in [-0.2, -0.15) is 5.26 Å². The van der Waals surface area contributed by atoms with Crippen molar-refractivity contribution >= 4 is 0 Å². The molecule has 0 saturated heterocycles. The minimum Gasteiger partial charge on any atom is -0.454 e. The van der Waals surface area contributed by atoms with Crippen LogP contribution in [0, 0.1) is 18.3 Å². The first-order chi connectivity index (χ1) is 13.9. The van der Waals surface area contributed by atoms with E-state index in [9.17, 15) is 10.1 Å². The van der Waals surface area contributed by atoms with Crippen molar-refractivity contribution in [1.29, 1.82) is 5.26 Å². The first-order valence-corrected chi connectivity index (χ1v) is 9.27. The second-order valence-corrected chi connectivity index (χ2v) is 7.36. The van der Waals surface area contributed by atoms with Crippen LogP contribution >= 0.6 is 0 Å². The van der Waals surface area contributed by atoms with Gasteiger partial charge in [-0.1, -0.05) is 6.07 Å². The Morgan fingerprint density at radius 2 is 2.00 bits per heavy atom. The molecule has 2 aliphatic heterocycles. The number of fused-ring (bicyclic) bond motifs is 2. The summed E-state index contributed by atoms with van der Waals surface area (Å²) in [5, 5.41) is 9.76. The quantitative estimate of drug-likeness (QED) is 0.841. The molecule has 0 fully saturated rings. The van der Waals surface area contributed by atoms with Crippen LogP contribution in [0.25, 0.3) is 0 Å². The smallest absolute Gasteiger partial charge is 0.258 e. The van der Waals surface area contributed by atoms with Crippen molar-refractivity contribution in [3.8, 4) is 23.3 Å². The monoisotopic (exact) mass is 394 g/mol. The van der Waals surface area contributed by atoms with Crippen molar-refractivity contribution in [3.05, 3.63) is 62.9 Å². The SMILES string of the molecule is Cc1cc2c(c(=O)n1CCN(C)C)C(c1ccc3c(c1)OCO3)C(C#N)=C(N)O2. The number of aromatic nitrogens is 1. The van der Waals surface area contributed by atoms with E-state index in [1.807, 2.05) is 32.0 Å². The van der Waals surface area contributed by atoms with Gasteiger partial charge in [0.1, 0.15) is 17.4 Å². The molecule has 2 N–H and O–H groups in total. The van der Waals surface area contributed by atoms with Gasteiger partial charge >= 0.3 is 0 Å². The van der Waals surface area contributed by atoms with Crippen molar-refractivity contribution in [1.82, 2.24) is 9.47 Å². The Kier molecular flexibility index (Phi) is 4.68. The van der Waals surface area contributed by atoms with E-state index in [-0.39, 0.29) is 23.8 Å². The van der Waals surface area contributed by atoms with E-state index >= 15 is 0 Å². The Balaban J connectivity index is 1.90. The van der Waals surface area contributed by atoms with E-state index in [1.54, 1.807) is 22.8 Å². The lowest BCUT2D eigenvalue weighted by Crippen LogP contribution is -2.34. The zero-order valence-electron chi connectivity index (χ0n) is 16.6. The number of rotatable bonds is 4. The molecule has 1 aromatic carbocycles. The minimum absolute atomic E-state index is 0.00695. The number of aryl methyl sites for hydroxylation is 1. The van der Waals surface area contributed by atoms with Crippen molar-refractivity contribution in [2.45, 2.75) is 19.4 Å². The van der Waals surface area contributed by atoms with Gasteiger partial charge in [-0.05, 0) is 38.7 Å². The molecule has 150 valence electrons. The van der Waals surface area contributed by atoms with Gasteiger partial charge in [0.25, 0.3) is 5.56 Å². The third kappa shape index (κ3) is 3.19. The number of hydrogen-bond acceptors (Lipinski definition) is 7. The lowest BCUT2D eigenvalue weighted by atomic mass is 9.84. The molecule has 0 bridgehead atoms. The summed E-state index contributed by atoms with van der Waals surface area (Å²) in [5.74, 6) is 0.951. The van der Waals surface area contributed by atoms with Crippen LogP contribution in [-0.2, 0) is 6.54 Å². The molecule has 0 aliphatic carbocycles. The Labute approximate surface area is 168 Å². The van der Waals surface area contributed by atoms with E-state index < -0.39 is 5.92 Å². The lowest BCUT2D eigenvalue weighted by Gasteiger charge is -2.27. The number of nitrogens with two attached hydrogens (primary N) is 1. The van der Waals surface area contributed by atoms with Crippen molar-refractivity contribution in [2.24, 2.45) is 5.73 Å². The number of allylic oxidation sites excluding steroid dienone is 1. The highest BCUT2D eigenvalue weighted by molar-refractivity contribution is 5.57. The lowest BCUT2D eigenvalue weighted by molar-refractivity contribution is 0.174. The Morgan fingerprint density at radius 1 is 1.24 bits per heavy atom. The molecule has 2 aliphatic rings. The molecule has 8 heteroatoms. The largest absolute Gasteiger partial charge is 0.454 e. The van der Waals surface area contributed by atoms with Crippen molar-refractivity contribution in [2.75, 3.05) is 27.4 Å². The zero-order chi connectivity index (χ0) is 20.7. The van der Waals surface area contributed by atoms with Crippen molar-refractivity contribution in [3.63, 3.8) is 0 Å². The molecule has 3 heterocycles. The minimum atomic E-state index is -0.642. The fraction of sp³-hybridized carbons (Fsp3) is 0.333. The molecule has 1 aromatic heterocycles. The molecule has 4 rings (SSSR count). The zero-order valence-corrected chi connectivity index (χ0v) is 16.6. The molecule has 0 spiro atoms. The van der Waals surface area contributed by atoms with Crippen LogP contribution in [0.4, 0.5) is 0 Å². The van der Waals surface area contributed by atoms with Gasteiger partial charge in [0, 0.05) is 24.8 Å². The summed E-state index contributed by atoms with van der Waals surface area (Å²) in [7, 11) is 3.91. The van der Waals surface area contributed by atoms with Gasteiger partial charge in [-0.15, -0.1) is 0 Å². The Hall–Kier alpha value is -3.44. The molecule has 2 aromatic rings. The summed E-state index contributed by atoms with van der Waals surface area (Å²) < 4.78 is 18.2. The number of ether oxygens (including phenoxy) is 3. The fourth-order valence-corrected chi connectivity index (χ4v) is 3.69. The molecule has 0 radical (unpaired) electrons. The molecule has 29 heavy (non-hydrogen) atoms. The fourth-order valence-electron chi connectivity index (χ4n) is 3.69. The van der Waals surface area contributed by atoms with Gasteiger partial charge in [0.15, 0.2) is 11.5 Å². The molecule has 8 nitrogen and oxygen atoms in total. The van der Waals surface area contributed by atoms with Crippen LogP contribution in [0.2, 0.25) is 0 Å². The topological polar surface area (TPSA) is 103 Å². The molecule has 1 atom stereocenters. The number of hydrogen-bond donors (Lipinski definition) is 1. The normalized spacial score (nSPS) is 17.1. The van der Waals surface area contributed by atoms with E-state index in [2.05, 4.69) is 6.07 Å². The number of likely N-dealkylation sites (N-methyl/N-ethyl adjacent to an activating group) is 1. The number of benzene rings is 1. The van der Waals surface area contributed by atoms with E-state index in [4.69, 9.17) is 19.9 Å². The third-order valence-corrected chi connectivity index (χ3v) is 5.19. The summed E-state index contributed by atoms with van der Waals surface area (Å²) in [4.78, 5) is 15.5. The second kappa shape index (κ2) is 7.18. The first kappa shape index (κ1) is 18.9. The second-order valence-electron chi connectivity index (χ2n) is 7.36. The average molecular weight is 394 g/mol. The van der Waals surface area contributed by atoms with Crippen molar-refractivity contribution < 1.29 is 14.2 Å². The molecular formula is C21H22N4O4. The molecule has 0 saturated carbocycles.